The molecule has 1 aliphatic heterocycles. The topological polar surface area (TPSA) is 135 Å². The van der Waals surface area contributed by atoms with Gasteiger partial charge in [0.25, 0.3) is 0 Å². The molecular weight excluding hydrogens is 486 g/mol. The van der Waals surface area contributed by atoms with E-state index in [9.17, 15) is 10.2 Å². The summed E-state index contributed by atoms with van der Waals surface area (Å²) in [6.07, 6.45) is 1.07. The van der Waals surface area contributed by atoms with E-state index in [0.29, 0.717) is 70.4 Å². The van der Waals surface area contributed by atoms with Gasteiger partial charge in [-0.05, 0) is 51.9 Å². The van der Waals surface area contributed by atoms with Crippen LogP contribution in [0.3, 0.4) is 0 Å². The molecule has 194 valence electrons. The molecule has 1 fully saturated rings. The maximum Gasteiger partial charge on any atom is 0.163 e. The van der Waals surface area contributed by atoms with Gasteiger partial charge in [-0.15, -0.1) is 0 Å². The van der Waals surface area contributed by atoms with Gasteiger partial charge < -0.3 is 34.8 Å². The Balaban J connectivity index is 1.77. The smallest absolute Gasteiger partial charge is 0.163 e. The first-order valence-electron chi connectivity index (χ1n) is 12.0. The highest BCUT2D eigenvalue weighted by molar-refractivity contribution is 6.33. The fraction of sp³-hybridized carbons (Fsp3) is 0.480. The van der Waals surface area contributed by atoms with Crippen LogP contribution >= 0.6 is 11.6 Å². The normalized spacial score (nSPS) is 15.2. The number of aryl methyl sites for hydroxylation is 1. The number of rotatable bonds is 10. The Morgan fingerprint density at radius 3 is 2.72 bits per heavy atom. The molecule has 4 N–H and O–H groups in total. The quantitative estimate of drug-likeness (QED) is 0.317. The zero-order chi connectivity index (χ0) is 25.7. The highest BCUT2D eigenvalue weighted by Gasteiger charge is 2.24. The van der Waals surface area contributed by atoms with E-state index in [1.165, 1.54) is 0 Å². The fourth-order valence-electron chi connectivity index (χ4n) is 4.14. The van der Waals surface area contributed by atoms with Crippen LogP contribution in [-0.2, 0) is 11.3 Å². The Bertz CT molecular complexity index is 1180. The lowest BCUT2D eigenvalue weighted by Gasteiger charge is -2.25. The van der Waals surface area contributed by atoms with E-state index in [0.717, 1.165) is 18.4 Å². The lowest BCUT2D eigenvalue weighted by Crippen LogP contribution is -2.29. The van der Waals surface area contributed by atoms with Gasteiger partial charge in [-0.25, -0.2) is 9.97 Å². The number of nitrogens with one attached hydrogen (secondary N) is 2. The van der Waals surface area contributed by atoms with Crippen molar-refractivity contribution >= 4 is 17.4 Å². The van der Waals surface area contributed by atoms with Gasteiger partial charge in [-0.1, -0.05) is 16.8 Å². The predicted molar refractivity (Wildman–Crippen MR) is 136 cm³/mol. The summed E-state index contributed by atoms with van der Waals surface area (Å²) in [5.74, 6) is 2.14. The van der Waals surface area contributed by atoms with Crippen LogP contribution in [0.25, 0.3) is 22.6 Å². The first-order chi connectivity index (χ1) is 17.4. The minimum Gasteiger partial charge on any atom is -0.491 e. The number of hydrogen-bond acceptors (Lipinski definition) is 10. The first kappa shape index (κ1) is 26.3. The van der Waals surface area contributed by atoms with Gasteiger partial charge >= 0.3 is 0 Å². The molecule has 0 radical (unpaired) electrons. The zero-order valence-corrected chi connectivity index (χ0v) is 21.4. The predicted octanol–water partition coefficient (Wildman–Crippen LogP) is 3.11. The van der Waals surface area contributed by atoms with Crippen LogP contribution in [-0.4, -0.2) is 70.9 Å². The molecule has 36 heavy (non-hydrogen) atoms. The van der Waals surface area contributed by atoms with Gasteiger partial charge in [0.2, 0.25) is 0 Å². The summed E-state index contributed by atoms with van der Waals surface area (Å²) in [5.41, 5.74) is 3.02. The monoisotopic (exact) mass is 517 g/mol. The number of anilines is 1. The van der Waals surface area contributed by atoms with E-state index < -0.39 is 6.10 Å². The standard InChI is InChI=1S/C25H32ClN5O5/c1-14-23(22-15(2)36-31-21(22)12-32)29-25(30-24(14)28-16-6-8-34-9-7-16)19-10-18(4-5-20(19)26)35-13-17(33)11-27-3/h4-5,10,16-17,27,32-33H,6-9,11-13H2,1-3H3,(H,28,29,30). The third-order valence-electron chi connectivity index (χ3n) is 6.09. The molecule has 0 amide bonds. The van der Waals surface area contributed by atoms with Gasteiger partial charge in [0.05, 0.1) is 22.9 Å². The van der Waals surface area contributed by atoms with Gasteiger partial charge in [0.15, 0.2) is 5.82 Å². The van der Waals surface area contributed by atoms with Crippen molar-refractivity contribution in [1.29, 1.82) is 0 Å². The molecular formula is C25H32ClN5O5. The van der Waals surface area contributed by atoms with Crippen LogP contribution in [0.2, 0.25) is 5.02 Å². The van der Waals surface area contributed by atoms with Crippen molar-refractivity contribution in [2.75, 3.05) is 38.7 Å². The van der Waals surface area contributed by atoms with Gasteiger partial charge in [-0.2, -0.15) is 0 Å². The van der Waals surface area contributed by atoms with Crippen molar-refractivity contribution in [3.63, 3.8) is 0 Å². The van der Waals surface area contributed by atoms with Crippen LogP contribution < -0.4 is 15.4 Å². The molecule has 3 heterocycles. The molecule has 1 atom stereocenters. The molecule has 0 bridgehead atoms. The largest absolute Gasteiger partial charge is 0.491 e. The van der Waals surface area contributed by atoms with E-state index in [1.807, 2.05) is 6.92 Å². The Morgan fingerprint density at radius 1 is 1.22 bits per heavy atom. The van der Waals surface area contributed by atoms with Crippen molar-refractivity contribution in [3.05, 3.63) is 40.2 Å². The minimum absolute atomic E-state index is 0.123. The van der Waals surface area contributed by atoms with E-state index in [-0.39, 0.29) is 19.3 Å². The second-order valence-electron chi connectivity index (χ2n) is 8.78. The molecule has 0 aliphatic carbocycles. The summed E-state index contributed by atoms with van der Waals surface area (Å²) in [4.78, 5) is 9.69. The van der Waals surface area contributed by atoms with E-state index in [1.54, 1.807) is 32.2 Å². The SMILES string of the molecule is CNCC(O)COc1ccc(Cl)c(-c2nc(NC3CCOCC3)c(C)c(-c3c(CO)noc3C)n2)c1. The average Bonchev–Trinajstić information content (AvgIpc) is 3.26. The van der Waals surface area contributed by atoms with Crippen LogP contribution in [0.5, 0.6) is 5.75 Å². The Kier molecular flexibility index (Phi) is 8.76. The number of ether oxygens (including phenoxy) is 2. The summed E-state index contributed by atoms with van der Waals surface area (Å²) in [6.45, 7) is 5.34. The molecule has 10 nitrogen and oxygen atoms in total. The number of benzene rings is 1. The van der Waals surface area contributed by atoms with Gasteiger partial charge in [-0.3, -0.25) is 0 Å². The first-order valence-corrected chi connectivity index (χ1v) is 12.3. The van der Waals surface area contributed by atoms with E-state index in [2.05, 4.69) is 15.8 Å². The molecule has 2 aromatic heterocycles. The summed E-state index contributed by atoms with van der Waals surface area (Å²) in [7, 11) is 1.77. The van der Waals surface area contributed by atoms with Crippen LogP contribution in [0, 0.1) is 13.8 Å². The summed E-state index contributed by atoms with van der Waals surface area (Å²) >= 11 is 6.59. The minimum atomic E-state index is -0.653. The molecule has 4 rings (SSSR count). The molecule has 1 saturated heterocycles. The summed E-state index contributed by atoms with van der Waals surface area (Å²) in [6, 6.07) is 5.42. The number of hydrogen-bond donors (Lipinski definition) is 4. The highest BCUT2D eigenvalue weighted by Crippen LogP contribution is 2.36. The molecule has 1 aromatic carbocycles. The van der Waals surface area contributed by atoms with Crippen molar-refractivity contribution in [3.8, 4) is 28.4 Å². The summed E-state index contributed by atoms with van der Waals surface area (Å²) < 4.78 is 16.6. The lowest BCUT2D eigenvalue weighted by atomic mass is 10.0. The van der Waals surface area contributed by atoms with Crippen molar-refractivity contribution in [2.24, 2.45) is 0 Å². The number of halogens is 1. The number of aliphatic hydroxyl groups is 2. The third-order valence-corrected chi connectivity index (χ3v) is 6.42. The second-order valence-corrected chi connectivity index (χ2v) is 9.19. The number of aromatic nitrogens is 3. The van der Waals surface area contributed by atoms with Gasteiger partial charge in [0.1, 0.15) is 35.7 Å². The molecule has 1 unspecified atom stereocenters. The highest BCUT2D eigenvalue weighted by atomic mass is 35.5. The molecule has 0 saturated carbocycles. The third kappa shape index (κ3) is 5.96. The van der Waals surface area contributed by atoms with Crippen molar-refractivity contribution in [2.45, 2.75) is 45.4 Å². The second kappa shape index (κ2) is 12.0. The molecule has 11 heteroatoms. The van der Waals surface area contributed by atoms with Crippen molar-refractivity contribution in [1.82, 2.24) is 20.4 Å². The lowest BCUT2D eigenvalue weighted by molar-refractivity contribution is 0.0904. The van der Waals surface area contributed by atoms with Crippen LogP contribution in [0.15, 0.2) is 22.7 Å². The maximum absolute atomic E-state index is 10.0. The molecule has 1 aliphatic rings. The number of aliphatic hydroxyl groups excluding tert-OH is 2. The summed E-state index contributed by atoms with van der Waals surface area (Å²) in [5, 5.41) is 30.8. The fourth-order valence-corrected chi connectivity index (χ4v) is 4.34. The van der Waals surface area contributed by atoms with E-state index in [4.69, 9.17) is 35.6 Å². The van der Waals surface area contributed by atoms with E-state index >= 15 is 0 Å². The molecule has 0 spiro atoms. The van der Waals surface area contributed by atoms with Crippen molar-refractivity contribution < 1.29 is 24.2 Å². The average molecular weight is 518 g/mol. The van der Waals surface area contributed by atoms with Gasteiger partial charge in [0, 0.05) is 36.9 Å². The molecule has 3 aromatic rings. The number of likely N-dealkylation sites (N-methyl/N-ethyl adjacent to an activating group) is 1. The Hall–Kier alpha value is -2.76. The maximum atomic E-state index is 10.0. The number of nitrogens with zero attached hydrogens (tertiary/aromatic N) is 3. The van der Waals surface area contributed by atoms with Crippen LogP contribution in [0.1, 0.15) is 29.9 Å². The Morgan fingerprint density at radius 2 is 2.00 bits per heavy atom. The Labute approximate surface area is 215 Å². The zero-order valence-electron chi connectivity index (χ0n) is 20.7. The van der Waals surface area contributed by atoms with Crippen LogP contribution in [0.4, 0.5) is 5.82 Å².